The van der Waals surface area contributed by atoms with Crippen molar-refractivity contribution in [2.75, 3.05) is 13.2 Å². The van der Waals surface area contributed by atoms with Crippen LogP contribution >= 0.6 is 0 Å². The van der Waals surface area contributed by atoms with Gasteiger partial charge in [0.2, 0.25) is 0 Å². The van der Waals surface area contributed by atoms with Crippen molar-refractivity contribution in [2.24, 2.45) is 0 Å². The fourth-order valence-electron chi connectivity index (χ4n) is 2.04. The second kappa shape index (κ2) is 6.11. The molecule has 0 unspecified atom stereocenters. The number of carbonyl (C=O) groups excluding carboxylic acids is 1. The Morgan fingerprint density at radius 1 is 1.24 bits per heavy atom. The second-order valence-corrected chi connectivity index (χ2v) is 5.42. The van der Waals surface area contributed by atoms with Crippen LogP contribution in [0.5, 0.6) is 0 Å². The molecule has 1 heterocycles. The van der Waals surface area contributed by atoms with Crippen molar-refractivity contribution in [1.82, 2.24) is 9.88 Å². The number of aliphatic hydroxyl groups excluding tert-OH is 2. The number of nitrogens with zero attached hydrogens (tertiary/aromatic N) is 1. The van der Waals surface area contributed by atoms with Crippen LogP contribution in [0.4, 0.5) is 0 Å². The first-order valence-corrected chi connectivity index (χ1v) is 6.77. The summed E-state index contributed by atoms with van der Waals surface area (Å²) in [7, 11) is 0. The lowest BCUT2D eigenvalue weighted by Gasteiger charge is -2.26. The van der Waals surface area contributed by atoms with Gasteiger partial charge >= 0.3 is 0 Å². The smallest absolute Gasteiger partial charge is 0.252 e. The summed E-state index contributed by atoms with van der Waals surface area (Å²) in [5, 5.41) is 21.1. The number of aromatic nitrogens is 1. The largest absolute Gasteiger partial charge is 0.394 e. The van der Waals surface area contributed by atoms with Gasteiger partial charge in [-0.3, -0.25) is 4.79 Å². The number of benzene rings is 1. The van der Waals surface area contributed by atoms with Gasteiger partial charge in [-0.2, -0.15) is 0 Å². The van der Waals surface area contributed by atoms with Crippen molar-refractivity contribution in [3.63, 3.8) is 0 Å². The molecule has 1 aromatic heterocycles. The molecule has 0 atom stereocenters. The summed E-state index contributed by atoms with van der Waals surface area (Å²) in [6, 6.07) is 9.39. The average Bonchev–Trinajstić information content (AvgIpc) is 3.01. The third-order valence-electron chi connectivity index (χ3n) is 3.47. The molecule has 21 heavy (non-hydrogen) atoms. The number of carbonyl (C=O) groups is 1. The van der Waals surface area contributed by atoms with E-state index in [-0.39, 0.29) is 19.1 Å². The van der Waals surface area contributed by atoms with E-state index in [4.69, 9.17) is 0 Å². The molecule has 5 nitrogen and oxygen atoms in total. The minimum atomic E-state index is -1.03. The topological polar surface area (TPSA) is 74.5 Å². The van der Waals surface area contributed by atoms with Gasteiger partial charge in [0.15, 0.2) is 0 Å². The van der Waals surface area contributed by atoms with E-state index in [9.17, 15) is 15.0 Å². The van der Waals surface area contributed by atoms with E-state index in [0.29, 0.717) is 5.56 Å². The standard InChI is InChI=1S/C16H20N2O3/c1-12-9-13(18-7-3-4-8-18)5-6-14(12)15(21)17-16(2,10-19)11-20/h3-9,19-20H,10-11H2,1-2H3,(H,17,21). The summed E-state index contributed by atoms with van der Waals surface area (Å²) in [5.41, 5.74) is 1.31. The molecule has 5 heteroatoms. The minimum Gasteiger partial charge on any atom is -0.394 e. The van der Waals surface area contributed by atoms with Gasteiger partial charge in [0.1, 0.15) is 0 Å². The molecule has 0 fully saturated rings. The fourth-order valence-corrected chi connectivity index (χ4v) is 2.04. The van der Waals surface area contributed by atoms with Gasteiger partial charge in [-0.05, 0) is 49.7 Å². The van der Waals surface area contributed by atoms with Crippen LogP contribution in [0, 0.1) is 6.92 Å². The Labute approximate surface area is 123 Å². The van der Waals surface area contributed by atoms with Crippen LogP contribution in [-0.4, -0.2) is 39.4 Å². The van der Waals surface area contributed by atoms with Crippen LogP contribution in [0.25, 0.3) is 5.69 Å². The second-order valence-electron chi connectivity index (χ2n) is 5.42. The molecule has 0 aliphatic carbocycles. The van der Waals surface area contributed by atoms with Crippen LogP contribution in [0.15, 0.2) is 42.7 Å². The highest BCUT2D eigenvalue weighted by Crippen LogP contribution is 2.16. The number of hydrogen-bond acceptors (Lipinski definition) is 3. The van der Waals surface area contributed by atoms with Crippen molar-refractivity contribution in [3.8, 4) is 5.69 Å². The lowest BCUT2D eigenvalue weighted by molar-refractivity contribution is 0.0723. The normalized spacial score (nSPS) is 11.4. The van der Waals surface area contributed by atoms with Crippen molar-refractivity contribution < 1.29 is 15.0 Å². The van der Waals surface area contributed by atoms with E-state index in [1.54, 1.807) is 13.0 Å². The summed E-state index contributed by atoms with van der Waals surface area (Å²) < 4.78 is 1.96. The number of aliphatic hydroxyl groups is 2. The molecule has 0 saturated heterocycles. The third-order valence-corrected chi connectivity index (χ3v) is 3.47. The molecule has 0 bridgehead atoms. The van der Waals surface area contributed by atoms with Gasteiger partial charge in [0.25, 0.3) is 5.91 Å². The number of nitrogens with one attached hydrogen (secondary N) is 1. The summed E-state index contributed by atoms with van der Waals surface area (Å²) in [6.45, 7) is 2.80. The maximum absolute atomic E-state index is 12.3. The molecule has 0 aliphatic heterocycles. The highest BCUT2D eigenvalue weighted by molar-refractivity contribution is 5.96. The van der Waals surface area contributed by atoms with Crippen LogP contribution in [-0.2, 0) is 0 Å². The van der Waals surface area contributed by atoms with E-state index in [1.807, 2.05) is 48.1 Å². The Kier molecular flexibility index (Phi) is 4.45. The number of rotatable bonds is 5. The maximum atomic E-state index is 12.3. The van der Waals surface area contributed by atoms with Gasteiger partial charge in [-0.15, -0.1) is 0 Å². The summed E-state index contributed by atoms with van der Waals surface area (Å²) in [4.78, 5) is 12.3. The first-order valence-electron chi connectivity index (χ1n) is 6.77. The summed E-state index contributed by atoms with van der Waals surface area (Å²) in [5.74, 6) is -0.308. The van der Waals surface area contributed by atoms with Crippen molar-refractivity contribution in [3.05, 3.63) is 53.9 Å². The Balaban J connectivity index is 2.23. The van der Waals surface area contributed by atoms with Gasteiger partial charge in [-0.25, -0.2) is 0 Å². The first kappa shape index (κ1) is 15.3. The minimum absolute atomic E-state index is 0.308. The molecule has 112 valence electrons. The molecule has 3 N–H and O–H groups in total. The number of aryl methyl sites for hydroxylation is 1. The highest BCUT2D eigenvalue weighted by Gasteiger charge is 2.25. The average molecular weight is 288 g/mol. The van der Waals surface area contributed by atoms with Crippen LogP contribution in [0.2, 0.25) is 0 Å². The van der Waals surface area contributed by atoms with Gasteiger partial charge in [-0.1, -0.05) is 0 Å². The van der Waals surface area contributed by atoms with Gasteiger partial charge in [0.05, 0.1) is 18.8 Å². The van der Waals surface area contributed by atoms with Crippen LogP contribution in [0.1, 0.15) is 22.8 Å². The monoisotopic (exact) mass is 288 g/mol. The third kappa shape index (κ3) is 3.32. The van der Waals surface area contributed by atoms with Gasteiger partial charge < -0.3 is 20.1 Å². The van der Waals surface area contributed by atoms with Crippen molar-refractivity contribution >= 4 is 5.91 Å². The Morgan fingerprint density at radius 2 is 1.86 bits per heavy atom. The van der Waals surface area contributed by atoms with Crippen molar-refractivity contribution in [2.45, 2.75) is 19.4 Å². The molecule has 2 rings (SSSR count). The number of hydrogen-bond donors (Lipinski definition) is 3. The van der Waals surface area contributed by atoms with E-state index in [2.05, 4.69) is 5.32 Å². The summed E-state index contributed by atoms with van der Waals surface area (Å²) in [6.07, 6.45) is 3.87. The Bertz CT molecular complexity index is 616. The predicted molar refractivity (Wildman–Crippen MR) is 80.5 cm³/mol. The Hall–Kier alpha value is -2.11. The zero-order chi connectivity index (χ0) is 15.5. The maximum Gasteiger partial charge on any atom is 0.252 e. The van der Waals surface area contributed by atoms with Crippen LogP contribution < -0.4 is 5.32 Å². The molecule has 1 amide bonds. The molecular weight excluding hydrogens is 268 g/mol. The zero-order valence-electron chi connectivity index (χ0n) is 12.2. The van der Waals surface area contributed by atoms with E-state index < -0.39 is 5.54 Å². The zero-order valence-corrected chi connectivity index (χ0v) is 12.2. The van der Waals surface area contributed by atoms with E-state index >= 15 is 0 Å². The van der Waals surface area contributed by atoms with Crippen molar-refractivity contribution in [1.29, 1.82) is 0 Å². The molecule has 0 aliphatic rings. The lowest BCUT2D eigenvalue weighted by atomic mass is 10.0. The first-order chi connectivity index (χ1) is 9.99. The molecule has 2 aromatic rings. The quantitative estimate of drug-likeness (QED) is 0.775. The Morgan fingerprint density at radius 3 is 2.38 bits per heavy atom. The SMILES string of the molecule is Cc1cc(-n2cccc2)ccc1C(=O)NC(C)(CO)CO. The molecule has 0 saturated carbocycles. The predicted octanol–water partition coefficient (Wildman–Crippen LogP) is 1.26. The number of amides is 1. The molecule has 1 aromatic carbocycles. The summed E-state index contributed by atoms with van der Waals surface area (Å²) >= 11 is 0. The fraction of sp³-hybridized carbons (Fsp3) is 0.312. The molecular formula is C16H20N2O3. The van der Waals surface area contributed by atoms with E-state index in [1.165, 1.54) is 0 Å². The lowest BCUT2D eigenvalue weighted by Crippen LogP contribution is -2.51. The molecule has 0 spiro atoms. The van der Waals surface area contributed by atoms with Gasteiger partial charge in [0, 0.05) is 23.6 Å². The molecule has 0 radical (unpaired) electrons. The van der Waals surface area contributed by atoms with Crippen LogP contribution in [0.3, 0.4) is 0 Å². The highest BCUT2D eigenvalue weighted by atomic mass is 16.3. The van der Waals surface area contributed by atoms with E-state index in [0.717, 1.165) is 11.3 Å².